The molecule has 1 aromatic carbocycles. The second-order valence-corrected chi connectivity index (χ2v) is 4.04. The van der Waals surface area contributed by atoms with Gasteiger partial charge in [-0.05, 0) is 24.1 Å². The molecule has 0 saturated carbocycles. The normalized spacial score (nSPS) is 15.0. The van der Waals surface area contributed by atoms with Crippen LogP contribution in [0, 0.1) is 5.82 Å². The monoisotopic (exact) mass is 278 g/mol. The van der Waals surface area contributed by atoms with Crippen molar-refractivity contribution in [2.24, 2.45) is 0 Å². The zero-order valence-corrected chi connectivity index (χ0v) is 9.48. The predicted molar refractivity (Wildman–Crippen MR) is 56.8 cm³/mol. The van der Waals surface area contributed by atoms with Crippen molar-refractivity contribution in [3.05, 3.63) is 34.1 Å². The van der Waals surface area contributed by atoms with Gasteiger partial charge in [-0.15, -0.1) is 0 Å². The molecule has 0 aliphatic heterocycles. The minimum Gasteiger partial charge on any atom is -0.396 e. The second-order valence-electron chi connectivity index (χ2n) is 3.19. The number of hydrogen-bond acceptors (Lipinski definition) is 3. The predicted octanol–water partition coefficient (Wildman–Crippen LogP) is 1.36. The summed E-state index contributed by atoms with van der Waals surface area (Å²) in [5, 5.41) is 27.7. The summed E-state index contributed by atoms with van der Waals surface area (Å²) < 4.78 is 13.1. The van der Waals surface area contributed by atoms with Crippen LogP contribution in [0.2, 0.25) is 0 Å². The average molecular weight is 279 g/mol. The van der Waals surface area contributed by atoms with Crippen molar-refractivity contribution in [3.8, 4) is 0 Å². The summed E-state index contributed by atoms with van der Waals surface area (Å²) in [7, 11) is 0. The Morgan fingerprint density at radius 3 is 2.53 bits per heavy atom. The molecule has 3 nitrogen and oxygen atoms in total. The summed E-state index contributed by atoms with van der Waals surface area (Å²) in [4.78, 5) is 0. The van der Waals surface area contributed by atoms with Gasteiger partial charge in [0.05, 0.1) is 6.10 Å². The number of rotatable bonds is 4. The Morgan fingerprint density at radius 2 is 2.00 bits per heavy atom. The zero-order chi connectivity index (χ0) is 11.4. The molecule has 5 heteroatoms. The topological polar surface area (TPSA) is 60.7 Å². The molecule has 0 aromatic heterocycles. The first-order valence-corrected chi connectivity index (χ1v) is 5.27. The maximum Gasteiger partial charge on any atom is 0.124 e. The van der Waals surface area contributed by atoms with Crippen LogP contribution in [0.25, 0.3) is 0 Å². The van der Waals surface area contributed by atoms with Crippen molar-refractivity contribution in [3.63, 3.8) is 0 Å². The maximum absolute atomic E-state index is 12.7. The van der Waals surface area contributed by atoms with Crippen molar-refractivity contribution < 1.29 is 19.7 Å². The molecule has 15 heavy (non-hydrogen) atoms. The van der Waals surface area contributed by atoms with Gasteiger partial charge in [-0.1, -0.05) is 22.0 Å². The molecule has 0 aliphatic rings. The molecule has 0 amide bonds. The SMILES string of the molecule is OCCC(O)C(O)c1ccc(F)cc1Br. The molecule has 3 N–H and O–H groups in total. The highest BCUT2D eigenvalue weighted by Crippen LogP contribution is 2.27. The third kappa shape index (κ3) is 3.24. The van der Waals surface area contributed by atoms with Crippen molar-refractivity contribution in [1.82, 2.24) is 0 Å². The smallest absolute Gasteiger partial charge is 0.124 e. The van der Waals surface area contributed by atoms with Gasteiger partial charge in [0.1, 0.15) is 11.9 Å². The van der Waals surface area contributed by atoms with E-state index in [9.17, 15) is 14.6 Å². The lowest BCUT2D eigenvalue weighted by Crippen LogP contribution is -2.19. The molecule has 1 aromatic rings. The molecule has 84 valence electrons. The van der Waals surface area contributed by atoms with Crippen LogP contribution < -0.4 is 0 Å². The number of aliphatic hydroxyl groups excluding tert-OH is 3. The van der Waals surface area contributed by atoms with Gasteiger partial charge in [-0.25, -0.2) is 4.39 Å². The molecular weight excluding hydrogens is 267 g/mol. The fraction of sp³-hybridized carbons (Fsp3) is 0.400. The number of hydrogen-bond donors (Lipinski definition) is 3. The highest BCUT2D eigenvalue weighted by Gasteiger charge is 2.20. The van der Waals surface area contributed by atoms with Gasteiger partial charge >= 0.3 is 0 Å². The van der Waals surface area contributed by atoms with E-state index in [-0.39, 0.29) is 13.0 Å². The summed E-state index contributed by atoms with van der Waals surface area (Å²) >= 11 is 3.09. The Balaban J connectivity index is 2.86. The molecular formula is C10H12BrFO3. The van der Waals surface area contributed by atoms with Gasteiger partial charge in [0.15, 0.2) is 0 Å². The van der Waals surface area contributed by atoms with E-state index < -0.39 is 18.0 Å². The molecule has 0 heterocycles. The Morgan fingerprint density at radius 1 is 1.33 bits per heavy atom. The molecule has 2 unspecified atom stereocenters. The standard InChI is InChI=1S/C10H12BrFO3/c11-8-5-6(12)1-2-7(8)10(15)9(14)3-4-13/h1-2,5,9-10,13-15H,3-4H2. The molecule has 0 bridgehead atoms. The first kappa shape index (κ1) is 12.6. The van der Waals surface area contributed by atoms with E-state index in [0.717, 1.165) is 0 Å². The quantitative estimate of drug-likeness (QED) is 0.780. The Bertz CT molecular complexity index is 332. The van der Waals surface area contributed by atoms with E-state index in [1.165, 1.54) is 18.2 Å². The molecule has 0 aliphatic carbocycles. The third-order valence-electron chi connectivity index (χ3n) is 2.07. The van der Waals surface area contributed by atoms with E-state index in [4.69, 9.17) is 5.11 Å². The molecule has 0 fully saturated rings. The highest BCUT2D eigenvalue weighted by atomic mass is 79.9. The number of benzene rings is 1. The number of aliphatic hydroxyl groups is 3. The van der Waals surface area contributed by atoms with E-state index >= 15 is 0 Å². The van der Waals surface area contributed by atoms with Gasteiger partial charge < -0.3 is 15.3 Å². The maximum atomic E-state index is 12.7. The van der Waals surface area contributed by atoms with E-state index in [0.29, 0.717) is 10.0 Å². The van der Waals surface area contributed by atoms with Gasteiger partial charge in [0, 0.05) is 11.1 Å². The molecule has 0 spiro atoms. The minimum atomic E-state index is -1.13. The van der Waals surface area contributed by atoms with Crippen LogP contribution in [0.15, 0.2) is 22.7 Å². The van der Waals surface area contributed by atoms with E-state index in [1.54, 1.807) is 0 Å². The second kappa shape index (κ2) is 5.55. The lowest BCUT2D eigenvalue weighted by atomic mass is 10.0. The van der Waals surface area contributed by atoms with E-state index in [2.05, 4.69) is 15.9 Å². The largest absolute Gasteiger partial charge is 0.396 e. The lowest BCUT2D eigenvalue weighted by Gasteiger charge is -2.18. The van der Waals surface area contributed by atoms with Crippen LogP contribution in [0.5, 0.6) is 0 Å². The highest BCUT2D eigenvalue weighted by molar-refractivity contribution is 9.10. The lowest BCUT2D eigenvalue weighted by molar-refractivity contribution is 0.00380. The third-order valence-corrected chi connectivity index (χ3v) is 2.76. The summed E-state index contributed by atoms with van der Waals surface area (Å²) in [5.74, 6) is -0.422. The van der Waals surface area contributed by atoms with Gasteiger partial charge in [-0.2, -0.15) is 0 Å². The summed E-state index contributed by atoms with van der Waals surface area (Å²) in [5.41, 5.74) is 0.400. The molecule has 0 saturated heterocycles. The van der Waals surface area contributed by atoms with Crippen LogP contribution in [-0.4, -0.2) is 28.0 Å². The van der Waals surface area contributed by atoms with Gasteiger partial charge in [0.2, 0.25) is 0 Å². The van der Waals surface area contributed by atoms with Crippen molar-refractivity contribution in [2.75, 3.05) is 6.61 Å². The molecule has 0 radical (unpaired) electrons. The van der Waals surface area contributed by atoms with Crippen LogP contribution in [0.3, 0.4) is 0 Å². The fourth-order valence-corrected chi connectivity index (χ4v) is 1.82. The zero-order valence-electron chi connectivity index (χ0n) is 7.90. The Kier molecular flexibility index (Phi) is 4.66. The van der Waals surface area contributed by atoms with Gasteiger partial charge in [-0.3, -0.25) is 0 Å². The summed E-state index contributed by atoms with van der Waals surface area (Å²) in [6.07, 6.45) is -2.12. The van der Waals surface area contributed by atoms with Crippen molar-refractivity contribution >= 4 is 15.9 Å². The molecule has 2 atom stereocenters. The first-order chi connectivity index (χ1) is 7.06. The van der Waals surface area contributed by atoms with E-state index in [1.807, 2.05) is 0 Å². The first-order valence-electron chi connectivity index (χ1n) is 4.48. The van der Waals surface area contributed by atoms with Gasteiger partial charge in [0.25, 0.3) is 0 Å². The van der Waals surface area contributed by atoms with Crippen molar-refractivity contribution in [2.45, 2.75) is 18.6 Å². The summed E-state index contributed by atoms with van der Waals surface area (Å²) in [6.45, 7) is -0.211. The Hall–Kier alpha value is -0.490. The Labute approximate surface area is 95.3 Å². The van der Waals surface area contributed by atoms with Crippen LogP contribution in [-0.2, 0) is 0 Å². The van der Waals surface area contributed by atoms with Crippen LogP contribution in [0.1, 0.15) is 18.1 Å². The van der Waals surface area contributed by atoms with Crippen molar-refractivity contribution in [1.29, 1.82) is 0 Å². The summed E-state index contributed by atoms with van der Waals surface area (Å²) in [6, 6.07) is 3.81. The van der Waals surface area contributed by atoms with Crippen LogP contribution >= 0.6 is 15.9 Å². The fourth-order valence-electron chi connectivity index (χ4n) is 1.24. The number of halogens is 2. The minimum absolute atomic E-state index is 0.0744. The average Bonchev–Trinajstić information content (AvgIpc) is 2.17. The van der Waals surface area contributed by atoms with Crippen LogP contribution in [0.4, 0.5) is 4.39 Å². The molecule has 1 rings (SSSR count).